The van der Waals surface area contributed by atoms with E-state index in [1.54, 1.807) is 17.0 Å². The van der Waals surface area contributed by atoms with E-state index in [-0.39, 0.29) is 23.4 Å². The zero-order valence-electron chi connectivity index (χ0n) is 14.0. The number of amides is 2. The lowest BCUT2D eigenvalue weighted by atomic mass is 9.96. The Kier molecular flexibility index (Phi) is 4.98. The number of piperidine rings is 1. The number of non-ortho nitro benzene ring substituents is 1. The third-order valence-corrected chi connectivity index (χ3v) is 5.04. The van der Waals surface area contributed by atoms with Crippen molar-refractivity contribution in [2.75, 3.05) is 31.1 Å². The van der Waals surface area contributed by atoms with E-state index in [2.05, 4.69) is 0 Å². The minimum atomic E-state index is -0.413. The smallest absolute Gasteiger partial charge is 0.269 e. The van der Waals surface area contributed by atoms with Gasteiger partial charge in [0.25, 0.3) is 5.69 Å². The summed E-state index contributed by atoms with van der Waals surface area (Å²) in [6.45, 7) is 2.28. The monoisotopic (exact) mass is 346 g/mol. The third-order valence-electron chi connectivity index (χ3n) is 5.04. The summed E-state index contributed by atoms with van der Waals surface area (Å²) in [5.74, 6) is -0.368. The van der Waals surface area contributed by atoms with E-state index in [0.717, 1.165) is 24.1 Å². The molecule has 0 radical (unpaired) electrons. The second-order valence-corrected chi connectivity index (χ2v) is 6.67. The molecule has 0 aliphatic carbocycles. The summed E-state index contributed by atoms with van der Waals surface area (Å²) in [4.78, 5) is 38.2. The highest BCUT2D eigenvalue weighted by molar-refractivity contribution is 5.96. The maximum atomic E-state index is 12.7. The number of fused-ring (bicyclic) bond motifs is 1. The Morgan fingerprint density at radius 3 is 2.60 bits per heavy atom. The summed E-state index contributed by atoms with van der Waals surface area (Å²) in [7, 11) is 0. The molecule has 0 atom stereocenters. The van der Waals surface area contributed by atoms with Crippen LogP contribution >= 0.6 is 0 Å². The van der Waals surface area contributed by atoms with E-state index < -0.39 is 4.92 Å². The van der Waals surface area contributed by atoms with Gasteiger partial charge in [0, 0.05) is 30.3 Å². The third kappa shape index (κ3) is 3.79. The van der Waals surface area contributed by atoms with E-state index in [9.17, 15) is 19.7 Å². The number of carbonyl (C=O) groups excluding carboxylic acids is 2. The molecule has 1 aromatic rings. The number of nitrogens with zero attached hydrogens (tertiary/aromatic N) is 3. The van der Waals surface area contributed by atoms with Crippen LogP contribution in [0.25, 0.3) is 0 Å². The molecule has 1 saturated heterocycles. The number of carbonyl (C=O) groups is 2. The second kappa shape index (κ2) is 7.18. The first-order valence-electron chi connectivity index (χ1n) is 8.55. The van der Waals surface area contributed by atoms with Gasteiger partial charge in [-0.3, -0.25) is 24.6 Å². The summed E-state index contributed by atoms with van der Waals surface area (Å²) < 4.78 is 0. The van der Waals surface area contributed by atoms with E-state index in [1.165, 1.54) is 6.07 Å². The average molecular weight is 346 g/mol. The van der Waals surface area contributed by atoms with Crippen LogP contribution < -0.4 is 10.6 Å². The topological polar surface area (TPSA) is 110 Å². The van der Waals surface area contributed by atoms with E-state index in [0.29, 0.717) is 39.0 Å². The van der Waals surface area contributed by atoms with Crippen LogP contribution in [0.5, 0.6) is 0 Å². The molecule has 1 fully saturated rings. The molecule has 0 saturated carbocycles. The normalized spacial score (nSPS) is 18.6. The van der Waals surface area contributed by atoms with Crippen LogP contribution in [-0.4, -0.2) is 47.8 Å². The van der Waals surface area contributed by atoms with Gasteiger partial charge in [0.1, 0.15) is 0 Å². The number of aryl methyl sites for hydroxylation is 1. The number of hydrogen-bond acceptors (Lipinski definition) is 5. The molecular formula is C17H22N4O4. The predicted octanol–water partition coefficient (Wildman–Crippen LogP) is 1.07. The van der Waals surface area contributed by atoms with Crippen molar-refractivity contribution < 1.29 is 14.5 Å². The van der Waals surface area contributed by atoms with Crippen LogP contribution in [0.4, 0.5) is 11.4 Å². The summed E-state index contributed by atoms with van der Waals surface area (Å²) in [5.41, 5.74) is 7.01. The molecular weight excluding hydrogens is 324 g/mol. The maximum absolute atomic E-state index is 12.7. The zero-order chi connectivity index (χ0) is 18.0. The number of nitro groups is 1. The lowest BCUT2D eigenvalue weighted by Gasteiger charge is -2.34. The first kappa shape index (κ1) is 17.3. The Morgan fingerprint density at radius 1 is 1.24 bits per heavy atom. The Hall–Kier alpha value is -2.48. The van der Waals surface area contributed by atoms with Gasteiger partial charge in [-0.2, -0.15) is 0 Å². The molecule has 2 heterocycles. The van der Waals surface area contributed by atoms with Crippen molar-refractivity contribution in [1.29, 1.82) is 0 Å². The van der Waals surface area contributed by atoms with Crippen molar-refractivity contribution in [2.24, 2.45) is 11.7 Å². The van der Waals surface area contributed by atoms with Gasteiger partial charge in [-0.1, -0.05) is 0 Å². The van der Waals surface area contributed by atoms with Crippen molar-refractivity contribution >= 4 is 23.2 Å². The molecule has 0 aromatic heterocycles. The Morgan fingerprint density at radius 2 is 1.96 bits per heavy atom. The predicted molar refractivity (Wildman–Crippen MR) is 92.1 cm³/mol. The summed E-state index contributed by atoms with van der Waals surface area (Å²) >= 11 is 0. The highest BCUT2D eigenvalue weighted by Crippen LogP contribution is 2.30. The second-order valence-electron chi connectivity index (χ2n) is 6.67. The van der Waals surface area contributed by atoms with Crippen molar-refractivity contribution in [3.63, 3.8) is 0 Å². The standard InChI is InChI=1S/C17H22N4O4/c18-17(23)12-5-8-19(9-6-12)11-16(22)20-7-1-2-13-10-14(21(24)25)3-4-15(13)20/h3-4,10,12H,1-2,5-9,11H2,(H2,18,23). The molecule has 2 aliphatic heterocycles. The highest BCUT2D eigenvalue weighted by Gasteiger charge is 2.28. The number of rotatable bonds is 4. The summed E-state index contributed by atoms with van der Waals surface area (Å²) in [6.07, 6.45) is 2.91. The number of likely N-dealkylation sites (tertiary alicyclic amines) is 1. The molecule has 134 valence electrons. The lowest BCUT2D eigenvalue weighted by Crippen LogP contribution is -2.46. The highest BCUT2D eigenvalue weighted by atomic mass is 16.6. The van der Waals surface area contributed by atoms with Gasteiger partial charge in [-0.25, -0.2) is 0 Å². The van der Waals surface area contributed by atoms with Crippen LogP contribution in [0.3, 0.4) is 0 Å². The van der Waals surface area contributed by atoms with Crippen molar-refractivity contribution in [3.8, 4) is 0 Å². The molecule has 0 spiro atoms. The number of primary amides is 1. The lowest BCUT2D eigenvalue weighted by molar-refractivity contribution is -0.384. The number of anilines is 1. The Labute approximate surface area is 145 Å². The van der Waals surface area contributed by atoms with Crippen LogP contribution in [-0.2, 0) is 16.0 Å². The molecule has 2 amide bonds. The summed E-state index contributed by atoms with van der Waals surface area (Å²) in [5, 5.41) is 10.9. The number of nitrogens with two attached hydrogens (primary N) is 1. The first-order chi connectivity index (χ1) is 12.0. The van der Waals surface area contributed by atoms with Crippen LogP contribution in [0.1, 0.15) is 24.8 Å². The first-order valence-corrected chi connectivity index (χ1v) is 8.55. The van der Waals surface area contributed by atoms with Gasteiger partial charge >= 0.3 is 0 Å². The molecule has 2 N–H and O–H groups in total. The van der Waals surface area contributed by atoms with E-state index in [4.69, 9.17) is 5.73 Å². The molecule has 0 unspecified atom stereocenters. The Bertz CT molecular complexity index is 698. The fourth-order valence-corrected chi connectivity index (χ4v) is 3.61. The van der Waals surface area contributed by atoms with Crippen molar-refractivity contribution in [3.05, 3.63) is 33.9 Å². The molecule has 0 bridgehead atoms. The minimum absolute atomic E-state index is 0.00710. The largest absolute Gasteiger partial charge is 0.369 e. The average Bonchev–Trinajstić information content (AvgIpc) is 2.61. The van der Waals surface area contributed by atoms with Gasteiger partial charge in [0.2, 0.25) is 11.8 Å². The van der Waals surface area contributed by atoms with Crippen LogP contribution in [0, 0.1) is 16.0 Å². The fraction of sp³-hybridized carbons (Fsp3) is 0.529. The molecule has 8 heteroatoms. The number of hydrogen-bond donors (Lipinski definition) is 1. The zero-order valence-corrected chi connectivity index (χ0v) is 14.0. The van der Waals surface area contributed by atoms with Crippen LogP contribution in [0.2, 0.25) is 0 Å². The fourth-order valence-electron chi connectivity index (χ4n) is 3.61. The van der Waals surface area contributed by atoms with Gasteiger partial charge in [-0.15, -0.1) is 0 Å². The van der Waals surface area contributed by atoms with Crippen molar-refractivity contribution in [1.82, 2.24) is 4.90 Å². The molecule has 2 aliphatic rings. The minimum Gasteiger partial charge on any atom is -0.369 e. The van der Waals surface area contributed by atoms with Crippen LogP contribution in [0.15, 0.2) is 18.2 Å². The summed E-state index contributed by atoms with van der Waals surface area (Å²) in [6, 6.07) is 4.68. The van der Waals surface area contributed by atoms with E-state index in [1.807, 2.05) is 4.90 Å². The van der Waals surface area contributed by atoms with Gasteiger partial charge < -0.3 is 10.6 Å². The maximum Gasteiger partial charge on any atom is 0.269 e. The quantitative estimate of drug-likeness (QED) is 0.648. The van der Waals surface area contributed by atoms with Gasteiger partial charge in [0.05, 0.1) is 11.5 Å². The molecule has 25 heavy (non-hydrogen) atoms. The molecule has 8 nitrogen and oxygen atoms in total. The van der Waals surface area contributed by atoms with Gasteiger partial charge in [0.15, 0.2) is 0 Å². The number of benzene rings is 1. The Balaban J connectivity index is 1.66. The molecule has 3 rings (SSSR count). The number of nitro benzene ring substituents is 1. The SMILES string of the molecule is NC(=O)C1CCN(CC(=O)N2CCCc3cc([N+](=O)[O-])ccc32)CC1. The molecule has 1 aromatic carbocycles. The van der Waals surface area contributed by atoms with Crippen molar-refractivity contribution in [2.45, 2.75) is 25.7 Å². The van der Waals surface area contributed by atoms with E-state index >= 15 is 0 Å². The van der Waals surface area contributed by atoms with Gasteiger partial charge in [-0.05, 0) is 50.4 Å².